The van der Waals surface area contributed by atoms with E-state index in [1.54, 1.807) is 14.2 Å². The van der Waals surface area contributed by atoms with Gasteiger partial charge in [0.2, 0.25) is 0 Å². The minimum atomic E-state index is -0.800. The molecular weight excluding hydrogens is 276 g/mol. The molecule has 0 aliphatic heterocycles. The van der Waals surface area contributed by atoms with Gasteiger partial charge < -0.3 is 29.9 Å². The molecule has 0 aliphatic rings. The monoisotopic (exact) mass is 308 g/mol. The Morgan fingerprint density at radius 1 is 0.571 bits per heavy atom. The van der Waals surface area contributed by atoms with Crippen molar-refractivity contribution in [3.8, 4) is 0 Å². The smallest absolute Gasteiger partial charge is 0.0589 e. The number of aliphatic hydroxyl groups excluding tert-OH is 4. The fourth-order valence-corrected chi connectivity index (χ4v) is 2.29. The lowest BCUT2D eigenvalue weighted by atomic mass is 9.98. The van der Waals surface area contributed by atoms with Crippen molar-refractivity contribution >= 4 is 0 Å². The van der Waals surface area contributed by atoms with Gasteiger partial charge in [-0.2, -0.15) is 0 Å². The normalized spacial score (nSPS) is 20.6. The van der Waals surface area contributed by atoms with Crippen molar-refractivity contribution in [2.24, 2.45) is 0 Å². The average molecular weight is 308 g/mol. The van der Waals surface area contributed by atoms with Crippen LogP contribution in [0.25, 0.3) is 0 Å². The highest BCUT2D eigenvalue weighted by molar-refractivity contribution is 4.73. The van der Waals surface area contributed by atoms with Crippen molar-refractivity contribution < 1.29 is 29.9 Å². The summed E-state index contributed by atoms with van der Waals surface area (Å²) < 4.78 is 10.1. The maximum Gasteiger partial charge on any atom is 0.0589 e. The van der Waals surface area contributed by atoms with Crippen LogP contribution in [0.3, 0.4) is 0 Å². The first-order chi connectivity index (χ1) is 9.78. The first-order valence-electron chi connectivity index (χ1n) is 7.56. The van der Waals surface area contributed by atoms with Crippen LogP contribution in [-0.2, 0) is 9.47 Å². The summed E-state index contributed by atoms with van der Waals surface area (Å²) in [6.07, 6.45) is -1.68. The molecule has 6 heteroatoms. The molecule has 0 rings (SSSR count). The molecule has 0 saturated heterocycles. The lowest BCUT2D eigenvalue weighted by Crippen LogP contribution is -2.28. The van der Waals surface area contributed by atoms with Crippen molar-refractivity contribution in [3.63, 3.8) is 0 Å². The summed E-state index contributed by atoms with van der Waals surface area (Å²) in [6, 6.07) is 0. The Kier molecular flexibility index (Phi) is 11.2. The molecule has 0 bridgehead atoms. The van der Waals surface area contributed by atoms with Gasteiger partial charge in [0.25, 0.3) is 0 Å². The van der Waals surface area contributed by atoms with Crippen LogP contribution in [0, 0.1) is 0 Å². The number of rotatable bonds is 12. The van der Waals surface area contributed by atoms with Crippen LogP contribution in [0.1, 0.15) is 46.0 Å². The quantitative estimate of drug-likeness (QED) is 0.418. The predicted molar refractivity (Wildman–Crippen MR) is 80.1 cm³/mol. The molecule has 0 aromatic heterocycles. The van der Waals surface area contributed by atoms with Gasteiger partial charge in [0.05, 0.1) is 36.6 Å². The standard InChI is InChI=1S/C15H32O6/c1-10(20-3)5-12(16)7-14(18)9-15(19)8-13(17)6-11(2)21-4/h10-19H,5-9H2,1-4H3. The highest BCUT2D eigenvalue weighted by Gasteiger charge is 2.20. The molecule has 6 unspecified atom stereocenters. The van der Waals surface area contributed by atoms with Crippen LogP contribution in [0.5, 0.6) is 0 Å². The van der Waals surface area contributed by atoms with Gasteiger partial charge in [0.1, 0.15) is 0 Å². The Morgan fingerprint density at radius 2 is 0.810 bits per heavy atom. The highest BCUT2D eigenvalue weighted by atomic mass is 16.5. The molecule has 0 fully saturated rings. The molecule has 128 valence electrons. The Labute approximate surface area is 127 Å². The van der Waals surface area contributed by atoms with Gasteiger partial charge in [0, 0.05) is 14.2 Å². The third-order valence-corrected chi connectivity index (χ3v) is 3.65. The molecule has 0 radical (unpaired) electrons. The van der Waals surface area contributed by atoms with Gasteiger partial charge in [-0.3, -0.25) is 0 Å². The van der Waals surface area contributed by atoms with Crippen molar-refractivity contribution in [2.75, 3.05) is 14.2 Å². The Bertz CT molecular complexity index is 226. The maximum absolute atomic E-state index is 9.85. The van der Waals surface area contributed by atoms with Crippen molar-refractivity contribution in [3.05, 3.63) is 0 Å². The second-order valence-corrected chi connectivity index (χ2v) is 5.89. The number of hydrogen-bond donors (Lipinski definition) is 4. The van der Waals surface area contributed by atoms with E-state index in [0.717, 1.165) is 0 Å². The molecule has 0 heterocycles. The van der Waals surface area contributed by atoms with Gasteiger partial charge in [-0.1, -0.05) is 0 Å². The van der Waals surface area contributed by atoms with Crippen LogP contribution < -0.4 is 0 Å². The van der Waals surface area contributed by atoms with E-state index >= 15 is 0 Å². The lowest BCUT2D eigenvalue weighted by Gasteiger charge is -2.22. The summed E-state index contributed by atoms with van der Waals surface area (Å²) >= 11 is 0. The number of methoxy groups -OCH3 is 2. The molecule has 0 spiro atoms. The minimum Gasteiger partial charge on any atom is -0.393 e. The molecule has 4 N–H and O–H groups in total. The van der Waals surface area contributed by atoms with E-state index in [2.05, 4.69) is 0 Å². The summed E-state index contributed by atoms with van der Waals surface area (Å²) in [5.74, 6) is 0. The highest BCUT2D eigenvalue weighted by Crippen LogP contribution is 2.15. The van der Waals surface area contributed by atoms with Crippen LogP contribution in [0.2, 0.25) is 0 Å². The van der Waals surface area contributed by atoms with Gasteiger partial charge in [-0.05, 0) is 46.0 Å². The topological polar surface area (TPSA) is 99.4 Å². The van der Waals surface area contributed by atoms with E-state index in [1.165, 1.54) is 0 Å². The van der Waals surface area contributed by atoms with Crippen LogP contribution >= 0.6 is 0 Å². The average Bonchev–Trinajstić information content (AvgIpc) is 2.37. The van der Waals surface area contributed by atoms with Crippen LogP contribution in [0.15, 0.2) is 0 Å². The number of aliphatic hydroxyl groups is 4. The Hall–Kier alpha value is -0.240. The van der Waals surface area contributed by atoms with Crippen molar-refractivity contribution in [1.29, 1.82) is 0 Å². The van der Waals surface area contributed by atoms with Gasteiger partial charge >= 0.3 is 0 Å². The zero-order valence-electron chi connectivity index (χ0n) is 13.6. The summed E-state index contributed by atoms with van der Waals surface area (Å²) in [6.45, 7) is 3.69. The fraction of sp³-hybridized carbons (Fsp3) is 1.00. The zero-order chi connectivity index (χ0) is 16.4. The molecule has 0 saturated carbocycles. The SMILES string of the molecule is COC(C)CC(O)CC(O)CC(O)CC(O)CC(C)OC. The summed E-state index contributed by atoms with van der Waals surface area (Å²) in [5, 5.41) is 39.3. The second kappa shape index (κ2) is 11.3. The largest absolute Gasteiger partial charge is 0.393 e. The second-order valence-electron chi connectivity index (χ2n) is 5.89. The van der Waals surface area contributed by atoms with E-state index in [4.69, 9.17) is 9.47 Å². The van der Waals surface area contributed by atoms with E-state index in [1.807, 2.05) is 13.8 Å². The van der Waals surface area contributed by atoms with Crippen LogP contribution in [0.4, 0.5) is 0 Å². The number of ether oxygens (including phenoxy) is 2. The fourth-order valence-electron chi connectivity index (χ4n) is 2.29. The van der Waals surface area contributed by atoms with Gasteiger partial charge in [-0.15, -0.1) is 0 Å². The summed E-state index contributed by atoms with van der Waals surface area (Å²) in [7, 11) is 3.14. The molecule has 0 aliphatic carbocycles. The van der Waals surface area contributed by atoms with E-state index in [9.17, 15) is 20.4 Å². The van der Waals surface area contributed by atoms with E-state index in [-0.39, 0.29) is 31.5 Å². The first kappa shape index (κ1) is 20.8. The van der Waals surface area contributed by atoms with Crippen molar-refractivity contribution in [2.45, 2.75) is 82.6 Å². The molecule has 21 heavy (non-hydrogen) atoms. The third-order valence-electron chi connectivity index (χ3n) is 3.65. The molecule has 0 aromatic carbocycles. The van der Waals surface area contributed by atoms with E-state index < -0.39 is 24.4 Å². The van der Waals surface area contributed by atoms with E-state index in [0.29, 0.717) is 12.8 Å². The Morgan fingerprint density at radius 3 is 1.05 bits per heavy atom. The molecular formula is C15H32O6. The maximum atomic E-state index is 9.85. The molecule has 6 nitrogen and oxygen atoms in total. The lowest BCUT2D eigenvalue weighted by molar-refractivity contribution is -0.00562. The van der Waals surface area contributed by atoms with Crippen LogP contribution in [-0.4, -0.2) is 71.3 Å². The Balaban J connectivity index is 3.95. The van der Waals surface area contributed by atoms with Gasteiger partial charge in [-0.25, -0.2) is 0 Å². The molecule has 0 amide bonds. The first-order valence-corrected chi connectivity index (χ1v) is 7.56. The minimum absolute atomic E-state index is 0.0746. The zero-order valence-corrected chi connectivity index (χ0v) is 13.6. The van der Waals surface area contributed by atoms with Gasteiger partial charge in [0.15, 0.2) is 0 Å². The predicted octanol–water partition coefficient (Wildman–Crippen LogP) is 0.450. The third kappa shape index (κ3) is 11.0. The molecule has 6 atom stereocenters. The summed E-state index contributed by atoms with van der Waals surface area (Å²) in [4.78, 5) is 0. The van der Waals surface area contributed by atoms with Crippen molar-refractivity contribution in [1.82, 2.24) is 0 Å². The summed E-state index contributed by atoms with van der Waals surface area (Å²) in [5.41, 5.74) is 0. The number of hydrogen-bond acceptors (Lipinski definition) is 6. The molecule has 0 aromatic rings.